The van der Waals surface area contributed by atoms with Crippen molar-refractivity contribution in [3.8, 4) is 0 Å². The van der Waals surface area contributed by atoms with Gasteiger partial charge in [0.05, 0.1) is 0 Å². The summed E-state index contributed by atoms with van der Waals surface area (Å²) in [6.45, 7) is 3.20. The molecule has 0 aliphatic carbocycles. The van der Waals surface area contributed by atoms with Gasteiger partial charge in [-0.3, -0.25) is 0 Å². The Bertz CT molecular complexity index is 75.7. The van der Waals surface area contributed by atoms with Crippen molar-refractivity contribution in [2.24, 2.45) is 0 Å². The van der Waals surface area contributed by atoms with E-state index in [0.717, 1.165) is 6.54 Å². The van der Waals surface area contributed by atoms with Gasteiger partial charge in [-0.25, -0.2) is 0 Å². The monoisotopic (exact) mass is 247 g/mol. The van der Waals surface area contributed by atoms with E-state index < -0.39 is 21.9 Å². The second-order valence-corrected chi connectivity index (χ2v) is 10.0. The van der Waals surface area contributed by atoms with E-state index >= 15 is 0 Å². The maximum absolute atomic E-state index is 5.73. The van der Waals surface area contributed by atoms with Crippen molar-refractivity contribution in [1.82, 2.24) is 4.90 Å². The minimum absolute atomic E-state index is 0.436. The van der Waals surface area contributed by atoms with Crippen LogP contribution in [0.3, 0.4) is 0 Å². The molecule has 0 amide bonds. The predicted octanol–water partition coefficient (Wildman–Crippen LogP) is 1.20. The van der Waals surface area contributed by atoms with Crippen LogP contribution in [0.4, 0.5) is 0 Å². The molecular formula is C7H18InNO. The zero-order chi connectivity index (χ0) is 8.15. The number of hydrogen-bond donors (Lipinski definition) is 0. The summed E-state index contributed by atoms with van der Waals surface area (Å²) in [5.74, 6) is 0. The van der Waals surface area contributed by atoms with E-state index in [-0.39, 0.29) is 0 Å². The second-order valence-electron chi connectivity index (χ2n) is 3.26. The molecule has 3 heteroatoms. The number of nitrogens with zero attached hydrogens (tertiary/aromatic N) is 1. The van der Waals surface area contributed by atoms with E-state index in [2.05, 4.69) is 35.3 Å². The third-order valence-corrected chi connectivity index (χ3v) is 4.01. The van der Waals surface area contributed by atoms with Crippen molar-refractivity contribution in [1.29, 1.82) is 0 Å². The molecule has 1 atom stereocenters. The summed E-state index contributed by atoms with van der Waals surface area (Å²) >= 11 is -1.41. The summed E-state index contributed by atoms with van der Waals surface area (Å²) in [4.78, 5) is 2.17. The molecule has 0 saturated heterocycles. The van der Waals surface area contributed by atoms with E-state index in [1.54, 1.807) is 0 Å². The van der Waals surface area contributed by atoms with E-state index in [0.29, 0.717) is 6.10 Å². The minimum atomic E-state index is -1.41. The van der Waals surface area contributed by atoms with Crippen molar-refractivity contribution in [3.63, 3.8) is 0 Å². The van der Waals surface area contributed by atoms with Gasteiger partial charge in [-0.05, 0) is 0 Å². The van der Waals surface area contributed by atoms with Gasteiger partial charge < -0.3 is 0 Å². The Morgan fingerprint density at radius 3 is 2.20 bits per heavy atom. The first-order chi connectivity index (χ1) is 4.52. The number of rotatable bonds is 4. The average molecular weight is 247 g/mol. The van der Waals surface area contributed by atoms with E-state index in [9.17, 15) is 0 Å². The quantitative estimate of drug-likeness (QED) is 0.740. The van der Waals surface area contributed by atoms with Crippen molar-refractivity contribution in [2.75, 3.05) is 20.6 Å². The summed E-state index contributed by atoms with van der Waals surface area (Å²) in [5, 5.41) is 0. The molecule has 0 fully saturated rings. The van der Waals surface area contributed by atoms with E-state index in [1.165, 1.54) is 0 Å². The number of hydrogen-bond acceptors (Lipinski definition) is 2. The van der Waals surface area contributed by atoms with Crippen molar-refractivity contribution < 1.29 is 2.85 Å². The summed E-state index contributed by atoms with van der Waals surface area (Å²) in [7, 11) is 4.16. The molecular weight excluding hydrogens is 229 g/mol. The second kappa shape index (κ2) is 5.44. The van der Waals surface area contributed by atoms with Gasteiger partial charge in [-0.1, -0.05) is 0 Å². The fraction of sp³-hybridized carbons (Fsp3) is 1.00. The molecule has 0 aliphatic rings. The fourth-order valence-electron chi connectivity index (χ4n) is 1.02. The van der Waals surface area contributed by atoms with Gasteiger partial charge >= 0.3 is 72.7 Å². The molecule has 2 nitrogen and oxygen atoms in total. The average Bonchev–Trinajstić information content (AvgIpc) is 1.58. The zero-order valence-electron chi connectivity index (χ0n) is 7.72. The van der Waals surface area contributed by atoms with Gasteiger partial charge in [0.15, 0.2) is 0 Å². The first kappa shape index (κ1) is 10.8. The molecule has 0 aromatic heterocycles. The summed E-state index contributed by atoms with van der Waals surface area (Å²) in [6, 6.07) is 0. The van der Waals surface area contributed by atoms with Crippen LogP contribution < -0.4 is 0 Å². The fourth-order valence-corrected chi connectivity index (χ4v) is 3.92. The van der Waals surface area contributed by atoms with Gasteiger partial charge in [0, 0.05) is 0 Å². The van der Waals surface area contributed by atoms with Crippen LogP contribution in [-0.4, -0.2) is 53.5 Å². The van der Waals surface area contributed by atoms with Crippen LogP contribution in [0.1, 0.15) is 6.92 Å². The topological polar surface area (TPSA) is 12.5 Å². The summed E-state index contributed by atoms with van der Waals surface area (Å²) in [6.07, 6.45) is 0.436. The van der Waals surface area contributed by atoms with Gasteiger partial charge in [0.25, 0.3) is 0 Å². The predicted molar refractivity (Wildman–Crippen MR) is 46.6 cm³/mol. The Kier molecular flexibility index (Phi) is 5.87. The standard InChI is InChI=1S/C5H12NO.2CH3.In/c1-5(7)4-6(2)3;;;/h5H,4H2,1-3H3;2*1H3;/q-1;;;+1. The van der Waals surface area contributed by atoms with Crippen LogP contribution in [0.2, 0.25) is 9.36 Å². The van der Waals surface area contributed by atoms with Crippen LogP contribution in [0, 0.1) is 0 Å². The Morgan fingerprint density at radius 2 is 1.90 bits per heavy atom. The van der Waals surface area contributed by atoms with Crippen molar-refractivity contribution >= 4 is 21.9 Å². The molecule has 0 N–H and O–H groups in total. The SMILES string of the molecule is CC(CN(C)C)[O][In]([CH3])[CH3]. The van der Waals surface area contributed by atoms with Crippen molar-refractivity contribution in [2.45, 2.75) is 22.4 Å². The summed E-state index contributed by atoms with van der Waals surface area (Å²) < 4.78 is 10.3. The Labute approximate surface area is 72.7 Å². The maximum atomic E-state index is 5.73. The van der Waals surface area contributed by atoms with E-state index in [1.807, 2.05) is 0 Å². The molecule has 0 heterocycles. The first-order valence-electron chi connectivity index (χ1n) is 3.82. The van der Waals surface area contributed by atoms with E-state index in [4.69, 9.17) is 2.85 Å². The Balaban J connectivity index is 3.34. The molecule has 0 aromatic carbocycles. The van der Waals surface area contributed by atoms with Crippen LogP contribution >= 0.6 is 0 Å². The van der Waals surface area contributed by atoms with Crippen LogP contribution in [0.5, 0.6) is 0 Å². The Hall–Kier alpha value is 0.790. The Morgan fingerprint density at radius 1 is 1.40 bits per heavy atom. The van der Waals surface area contributed by atoms with Crippen molar-refractivity contribution in [3.05, 3.63) is 0 Å². The molecule has 0 rings (SSSR count). The third kappa shape index (κ3) is 6.90. The molecule has 0 saturated carbocycles. The van der Waals surface area contributed by atoms with Crippen LogP contribution in [0.15, 0.2) is 0 Å². The molecule has 10 heavy (non-hydrogen) atoms. The van der Waals surface area contributed by atoms with Crippen LogP contribution in [-0.2, 0) is 2.85 Å². The number of likely N-dealkylation sites (N-methyl/N-ethyl adjacent to an activating group) is 1. The first-order valence-corrected chi connectivity index (χ1v) is 11.8. The van der Waals surface area contributed by atoms with Gasteiger partial charge in [-0.15, -0.1) is 0 Å². The molecule has 0 aliphatic heterocycles. The van der Waals surface area contributed by atoms with Crippen LogP contribution in [0.25, 0.3) is 0 Å². The molecule has 0 radical (unpaired) electrons. The summed E-state index contributed by atoms with van der Waals surface area (Å²) in [5.41, 5.74) is 0. The van der Waals surface area contributed by atoms with Gasteiger partial charge in [-0.2, -0.15) is 0 Å². The normalized spacial score (nSPS) is 13.8. The molecule has 0 spiro atoms. The molecule has 60 valence electrons. The molecule has 0 aromatic rings. The molecule has 1 unspecified atom stereocenters. The zero-order valence-corrected chi connectivity index (χ0v) is 11.0. The molecule has 0 bridgehead atoms. The van der Waals surface area contributed by atoms with Gasteiger partial charge in [0.1, 0.15) is 0 Å². The third-order valence-electron chi connectivity index (χ3n) is 1.13. The van der Waals surface area contributed by atoms with Gasteiger partial charge in [0.2, 0.25) is 0 Å².